The number of rotatable bonds is 5. The molecule has 0 spiro atoms. The first kappa shape index (κ1) is 14.0. The number of hydrogen-bond donors (Lipinski definition) is 0. The van der Waals surface area contributed by atoms with Gasteiger partial charge in [0.15, 0.2) is 5.78 Å². The second-order valence-electron chi connectivity index (χ2n) is 4.33. The van der Waals surface area contributed by atoms with Gasteiger partial charge in [-0.3, -0.25) is 9.59 Å². The van der Waals surface area contributed by atoms with Gasteiger partial charge in [0.25, 0.3) is 0 Å². The van der Waals surface area contributed by atoms with Gasteiger partial charge < -0.3 is 4.74 Å². The van der Waals surface area contributed by atoms with Crippen molar-refractivity contribution >= 4 is 11.8 Å². The van der Waals surface area contributed by atoms with Gasteiger partial charge in [-0.15, -0.1) is 0 Å². The molecule has 20 heavy (non-hydrogen) atoms. The van der Waals surface area contributed by atoms with Crippen LogP contribution in [0.5, 0.6) is 0 Å². The molecule has 0 aliphatic carbocycles. The highest BCUT2D eigenvalue weighted by Crippen LogP contribution is 2.22. The van der Waals surface area contributed by atoms with Crippen molar-refractivity contribution in [2.24, 2.45) is 0 Å². The summed E-state index contributed by atoms with van der Waals surface area (Å²) in [6, 6.07) is 17.8. The summed E-state index contributed by atoms with van der Waals surface area (Å²) in [6.07, 6.45) is 0. The van der Waals surface area contributed by atoms with Crippen LogP contribution in [-0.2, 0) is 9.53 Å². The van der Waals surface area contributed by atoms with Crippen LogP contribution in [0, 0.1) is 0 Å². The molecule has 1 atom stereocenters. The van der Waals surface area contributed by atoms with Crippen LogP contribution in [0.2, 0.25) is 0 Å². The number of Topliss-reactive ketones (excluding diaryl/α,β-unsaturated/α-hetero) is 1. The Bertz CT molecular complexity index is 576. The van der Waals surface area contributed by atoms with E-state index in [0.717, 1.165) is 0 Å². The fraction of sp³-hybridized carbons (Fsp3) is 0.176. The van der Waals surface area contributed by atoms with E-state index in [0.29, 0.717) is 11.1 Å². The molecule has 3 heteroatoms. The minimum atomic E-state index is -0.904. The normalized spacial score (nSPS) is 11.7. The van der Waals surface area contributed by atoms with E-state index in [9.17, 15) is 9.59 Å². The number of ketones is 1. The molecule has 102 valence electrons. The minimum Gasteiger partial charge on any atom is -0.465 e. The third-order valence-corrected chi connectivity index (χ3v) is 2.98. The molecule has 0 aliphatic heterocycles. The van der Waals surface area contributed by atoms with Gasteiger partial charge in [-0.2, -0.15) is 0 Å². The van der Waals surface area contributed by atoms with Crippen molar-refractivity contribution < 1.29 is 14.3 Å². The summed E-state index contributed by atoms with van der Waals surface area (Å²) in [4.78, 5) is 24.7. The summed E-state index contributed by atoms with van der Waals surface area (Å²) in [5, 5.41) is 0. The molecule has 0 N–H and O–H groups in total. The number of hydrogen-bond acceptors (Lipinski definition) is 3. The summed E-state index contributed by atoms with van der Waals surface area (Å²) < 4.78 is 5.04. The summed E-state index contributed by atoms with van der Waals surface area (Å²) in [5.74, 6) is -1.65. The Morgan fingerprint density at radius 1 is 0.950 bits per heavy atom. The fourth-order valence-electron chi connectivity index (χ4n) is 2.03. The number of carbonyl (C=O) groups is 2. The summed E-state index contributed by atoms with van der Waals surface area (Å²) in [5.41, 5.74) is 1.16. The lowest BCUT2D eigenvalue weighted by Crippen LogP contribution is -2.24. The Labute approximate surface area is 118 Å². The zero-order valence-corrected chi connectivity index (χ0v) is 11.3. The third kappa shape index (κ3) is 3.12. The molecule has 0 saturated carbocycles. The second kappa shape index (κ2) is 6.66. The number of esters is 1. The van der Waals surface area contributed by atoms with E-state index in [-0.39, 0.29) is 12.4 Å². The van der Waals surface area contributed by atoms with Gasteiger partial charge >= 0.3 is 5.97 Å². The van der Waals surface area contributed by atoms with Crippen molar-refractivity contribution in [3.63, 3.8) is 0 Å². The molecule has 0 fully saturated rings. The van der Waals surface area contributed by atoms with E-state index in [1.54, 1.807) is 55.5 Å². The van der Waals surface area contributed by atoms with Crippen molar-refractivity contribution in [3.05, 3.63) is 71.8 Å². The molecule has 0 saturated heterocycles. The fourth-order valence-corrected chi connectivity index (χ4v) is 2.03. The van der Waals surface area contributed by atoms with Gasteiger partial charge in [0.05, 0.1) is 6.61 Å². The lowest BCUT2D eigenvalue weighted by atomic mass is 9.91. The highest BCUT2D eigenvalue weighted by atomic mass is 16.5. The summed E-state index contributed by atoms with van der Waals surface area (Å²) >= 11 is 0. The van der Waals surface area contributed by atoms with Crippen LogP contribution in [0.1, 0.15) is 28.8 Å². The van der Waals surface area contributed by atoms with Crippen LogP contribution in [0.3, 0.4) is 0 Å². The van der Waals surface area contributed by atoms with Gasteiger partial charge in [0.2, 0.25) is 0 Å². The highest BCUT2D eigenvalue weighted by Gasteiger charge is 2.30. The predicted octanol–water partition coefficient (Wildman–Crippen LogP) is 3.22. The average Bonchev–Trinajstić information content (AvgIpc) is 2.50. The molecule has 3 nitrogen and oxygen atoms in total. The van der Waals surface area contributed by atoms with E-state index < -0.39 is 11.9 Å². The first-order chi connectivity index (χ1) is 9.74. The standard InChI is InChI=1S/C17H16O3/c1-2-20-17(19)15(13-9-5-3-6-10-13)16(18)14-11-7-4-8-12-14/h3-12,15H,2H2,1H3/t15-/m0/s1. The zero-order chi connectivity index (χ0) is 14.4. The molecule has 2 aromatic carbocycles. The number of carbonyl (C=O) groups excluding carboxylic acids is 2. The van der Waals surface area contributed by atoms with Gasteiger partial charge in [-0.1, -0.05) is 60.7 Å². The monoisotopic (exact) mass is 268 g/mol. The van der Waals surface area contributed by atoms with Crippen molar-refractivity contribution in [3.8, 4) is 0 Å². The largest absolute Gasteiger partial charge is 0.465 e. The van der Waals surface area contributed by atoms with Crippen LogP contribution in [-0.4, -0.2) is 18.4 Å². The Morgan fingerprint density at radius 3 is 2.05 bits per heavy atom. The number of benzene rings is 2. The molecule has 0 unspecified atom stereocenters. The molecular weight excluding hydrogens is 252 g/mol. The maximum absolute atomic E-state index is 12.6. The Hall–Kier alpha value is -2.42. The maximum Gasteiger partial charge on any atom is 0.321 e. The summed E-state index contributed by atoms with van der Waals surface area (Å²) in [6.45, 7) is 1.98. The summed E-state index contributed by atoms with van der Waals surface area (Å²) in [7, 11) is 0. The highest BCUT2D eigenvalue weighted by molar-refractivity contribution is 6.12. The van der Waals surface area contributed by atoms with Crippen molar-refractivity contribution in [1.82, 2.24) is 0 Å². The number of ether oxygens (including phenoxy) is 1. The average molecular weight is 268 g/mol. The smallest absolute Gasteiger partial charge is 0.321 e. The Balaban J connectivity index is 2.37. The van der Waals surface area contributed by atoms with Gasteiger partial charge in [0, 0.05) is 5.56 Å². The predicted molar refractivity (Wildman–Crippen MR) is 76.6 cm³/mol. The van der Waals surface area contributed by atoms with Gasteiger partial charge in [-0.05, 0) is 12.5 Å². The first-order valence-electron chi connectivity index (χ1n) is 6.55. The second-order valence-corrected chi connectivity index (χ2v) is 4.33. The third-order valence-electron chi connectivity index (χ3n) is 2.98. The van der Waals surface area contributed by atoms with Crippen LogP contribution < -0.4 is 0 Å². The molecule has 2 aromatic rings. The van der Waals surface area contributed by atoms with E-state index in [2.05, 4.69) is 0 Å². The van der Waals surface area contributed by atoms with Crippen molar-refractivity contribution in [2.75, 3.05) is 6.61 Å². The molecule has 0 amide bonds. The van der Waals surface area contributed by atoms with E-state index in [1.165, 1.54) is 0 Å². The molecule has 2 rings (SSSR count). The maximum atomic E-state index is 12.6. The Kier molecular flexibility index (Phi) is 4.66. The SMILES string of the molecule is CCOC(=O)[C@H](C(=O)c1ccccc1)c1ccccc1. The van der Waals surface area contributed by atoms with E-state index >= 15 is 0 Å². The van der Waals surface area contributed by atoms with Crippen LogP contribution in [0.4, 0.5) is 0 Å². The lowest BCUT2D eigenvalue weighted by Gasteiger charge is -2.15. The topological polar surface area (TPSA) is 43.4 Å². The zero-order valence-electron chi connectivity index (χ0n) is 11.3. The van der Waals surface area contributed by atoms with Crippen molar-refractivity contribution in [1.29, 1.82) is 0 Å². The molecule has 0 aromatic heterocycles. The van der Waals surface area contributed by atoms with E-state index in [4.69, 9.17) is 4.74 Å². The molecule has 0 radical (unpaired) electrons. The molecule has 0 aliphatic rings. The first-order valence-corrected chi connectivity index (χ1v) is 6.55. The van der Waals surface area contributed by atoms with Crippen LogP contribution in [0.25, 0.3) is 0 Å². The quantitative estimate of drug-likeness (QED) is 0.475. The minimum absolute atomic E-state index is 0.241. The Morgan fingerprint density at radius 2 is 1.50 bits per heavy atom. The van der Waals surface area contributed by atoms with Crippen LogP contribution in [0.15, 0.2) is 60.7 Å². The van der Waals surface area contributed by atoms with Crippen LogP contribution >= 0.6 is 0 Å². The molecule has 0 bridgehead atoms. The molecule has 0 heterocycles. The van der Waals surface area contributed by atoms with Gasteiger partial charge in [-0.25, -0.2) is 0 Å². The lowest BCUT2D eigenvalue weighted by molar-refractivity contribution is -0.143. The van der Waals surface area contributed by atoms with Gasteiger partial charge in [0.1, 0.15) is 5.92 Å². The van der Waals surface area contributed by atoms with E-state index in [1.807, 2.05) is 12.1 Å². The van der Waals surface area contributed by atoms with Crippen molar-refractivity contribution in [2.45, 2.75) is 12.8 Å². The molecular formula is C17H16O3.